The van der Waals surface area contributed by atoms with Gasteiger partial charge in [0.25, 0.3) is 0 Å². The van der Waals surface area contributed by atoms with Crippen LogP contribution < -0.4 is 14.5 Å². The van der Waals surface area contributed by atoms with Crippen molar-refractivity contribution >= 4 is 22.3 Å². The molecule has 25 heavy (non-hydrogen) atoms. The largest absolute Gasteiger partial charge is 0.496 e. The number of hydrogen-bond acceptors (Lipinski definition) is 5. The van der Waals surface area contributed by atoms with Gasteiger partial charge in [-0.25, -0.2) is 4.98 Å². The van der Waals surface area contributed by atoms with Gasteiger partial charge in [0.15, 0.2) is 0 Å². The number of nitrogens with zero attached hydrogens (tertiary/aromatic N) is 4. The highest BCUT2D eigenvalue weighted by atomic mass is 16.5. The second kappa shape index (κ2) is 6.59. The minimum Gasteiger partial charge on any atom is -0.496 e. The van der Waals surface area contributed by atoms with E-state index in [0.717, 1.165) is 42.0 Å². The summed E-state index contributed by atoms with van der Waals surface area (Å²) in [4.78, 5) is 13.6. The highest BCUT2D eigenvalue weighted by Gasteiger charge is 2.26. The quantitative estimate of drug-likeness (QED) is 0.735. The molecule has 1 aliphatic heterocycles. The van der Waals surface area contributed by atoms with Gasteiger partial charge in [0.2, 0.25) is 0 Å². The van der Waals surface area contributed by atoms with Crippen LogP contribution >= 0.6 is 0 Å². The van der Waals surface area contributed by atoms with Crippen molar-refractivity contribution in [2.45, 2.75) is 13.0 Å². The zero-order valence-corrected chi connectivity index (χ0v) is 14.6. The van der Waals surface area contributed by atoms with Crippen LogP contribution in [0.15, 0.2) is 55.0 Å². The molecule has 1 fully saturated rings. The average Bonchev–Trinajstić information content (AvgIpc) is 2.68. The van der Waals surface area contributed by atoms with Gasteiger partial charge in [-0.05, 0) is 31.2 Å². The SMILES string of the molecule is COc1cccc2c(N3CCN(c4ccncc4)CC3C)nccc12. The monoisotopic (exact) mass is 334 g/mol. The first-order chi connectivity index (χ1) is 12.3. The fraction of sp³-hybridized carbons (Fsp3) is 0.300. The smallest absolute Gasteiger partial charge is 0.136 e. The average molecular weight is 334 g/mol. The molecule has 0 amide bonds. The summed E-state index contributed by atoms with van der Waals surface area (Å²) < 4.78 is 5.51. The van der Waals surface area contributed by atoms with E-state index in [9.17, 15) is 0 Å². The number of pyridine rings is 2. The Morgan fingerprint density at radius 2 is 1.84 bits per heavy atom. The Kier molecular flexibility index (Phi) is 4.14. The second-order valence-electron chi connectivity index (χ2n) is 6.38. The maximum atomic E-state index is 5.51. The van der Waals surface area contributed by atoms with E-state index >= 15 is 0 Å². The van der Waals surface area contributed by atoms with Crippen LogP contribution in [0.5, 0.6) is 5.75 Å². The summed E-state index contributed by atoms with van der Waals surface area (Å²) in [6, 6.07) is 12.7. The van der Waals surface area contributed by atoms with Crippen molar-refractivity contribution in [3.63, 3.8) is 0 Å². The van der Waals surface area contributed by atoms with Crippen LogP contribution in [0, 0.1) is 0 Å². The van der Waals surface area contributed by atoms with Crippen molar-refractivity contribution in [3.8, 4) is 5.75 Å². The normalized spacial score (nSPS) is 17.8. The van der Waals surface area contributed by atoms with Gasteiger partial charge in [-0.15, -0.1) is 0 Å². The Balaban J connectivity index is 1.64. The van der Waals surface area contributed by atoms with Crippen LogP contribution in [-0.4, -0.2) is 42.8 Å². The zero-order valence-electron chi connectivity index (χ0n) is 14.6. The Bertz CT molecular complexity index is 868. The summed E-state index contributed by atoms with van der Waals surface area (Å²) in [5.74, 6) is 1.93. The molecule has 5 heteroatoms. The lowest BCUT2D eigenvalue weighted by Gasteiger charge is -2.42. The lowest BCUT2D eigenvalue weighted by molar-refractivity contribution is 0.420. The molecule has 1 saturated heterocycles. The first kappa shape index (κ1) is 15.7. The molecule has 0 spiro atoms. The van der Waals surface area contributed by atoms with Crippen LogP contribution in [0.3, 0.4) is 0 Å². The van der Waals surface area contributed by atoms with E-state index in [1.165, 1.54) is 5.69 Å². The molecule has 128 valence electrons. The molecule has 1 aliphatic rings. The molecule has 0 saturated carbocycles. The minimum atomic E-state index is 0.367. The minimum absolute atomic E-state index is 0.367. The molecular formula is C20H22N4O. The van der Waals surface area contributed by atoms with Crippen LogP contribution in [0.2, 0.25) is 0 Å². The Morgan fingerprint density at radius 3 is 2.60 bits per heavy atom. The number of benzene rings is 1. The van der Waals surface area contributed by atoms with E-state index in [2.05, 4.69) is 39.9 Å². The molecule has 2 aromatic heterocycles. The first-order valence-corrected chi connectivity index (χ1v) is 8.61. The van der Waals surface area contributed by atoms with Gasteiger partial charge in [-0.3, -0.25) is 4.98 Å². The number of anilines is 2. The number of fused-ring (bicyclic) bond motifs is 1. The lowest BCUT2D eigenvalue weighted by Crippen LogP contribution is -2.52. The predicted molar refractivity (Wildman–Crippen MR) is 102 cm³/mol. The molecular weight excluding hydrogens is 312 g/mol. The third-order valence-electron chi connectivity index (χ3n) is 4.89. The van der Waals surface area contributed by atoms with Gasteiger partial charge in [0, 0.05) is 60.7 Å². The topological polar surface area (TPSA) is 41.5 Å². The number of hydrogen-bond donors (Lipinski definition) is 0. The van der Waals surface area contributed by atoms with E-state index in [-0.39, 0.29) is 0 Å². The van der Waals surface area contributed by atoms with Crippen molar-refractivity contribution in [2.24, 2.45) is 0 Å². The summed E-state index contributed by atoms with van der Waals surface area (Å²) in [6.45, 7) is 5.13. The summed E-state index contributed by atoms with van der Waals surface area (Å²) in [5.41, 5.74) is 1.23. The molecule has 5 nitrogen and oxygen atoms in total. The maximum absolute atomic E-state index is 5.51. The summed E-state index contributed by atoms with van der Waals surface area (Å²) in [6.07, 6.45) is 5.58. The third-order valence-corrected chi connectivity index (χ3v) is 4.89. The highest BCUT2D eigenvalue weighted by molar-refractivity contribution is 5.96. The van der Waals surface area contributed by atoms with E-state index in [1.807, 2.05) is 36.8 Å². The highest BCUT2D eigenvalue weighted by Crippen LogP contribution is 2.33. The fourth-order valence-corrected chi connectivity index (χ4v) is 3.63. The Labute approximate surface area is 147 Å². The molecule has 0 N–H and O–H groups in total. The van der Waals surface area contributed by atoms with Crippen LogP contribution in [0.4, 0.5) is 11.5 Å². The Hall–Kier alpha value is -2.82. The van der Waals surface area contributed by atoms with Gasteiger partial charge in [-0.2, -0.15) is 0 Å². The molecule has 0 aliphatic carbocycles. The standard InChI is InChI=1S/C20H22N4O/c1-15-14-23(16-6-9-21-10-7-16)12-13-24(15)20-18-4-3-5-19(25-2)17(18)8-11-22-20/h3-11,15H,12-14H2,1-2H3. The zero-order chi connectivity index (χ0) is 17.2. The van der Waals surface area contributed by atoms with Gasteiger partial charge >= 0.3 is 0 Å². The predicted octanol–water partition coefficient (Wildman–Crippen LogP) is 3.35. The van der Waals surface area contributed by atoms with Crippen LogP contribution in [-0.2, 0) is 0 Å². The summed E-state index contributed by atoms with van der Waals surface area (Å²) in [5, 5.41) is 2.25. The fourth-order valence-electron chi connectivity index (χ4n) is 3.63. The molecule has 3 aromatic rings. The van der Waals surface area contributed by atoms with Gasteiger partial charge < -0.3 is 14.5 Å². The molecule has 1 aromatic carbocycles. The Morgan fingerprint density at radius 1 is 1.00 bits per heavy atom. The van der Waals surface area contributed by atoms with Crippen molar-refractivity contribution in [1.29, 1.82) is 0 Å². The van der Waals surface area contributed by atoms with Crippen molar-refractivity contribution in [1.82, 2.24) is 9.97 Å². The van der Waals surface area contributed by atoms with E-state index in [1.54, 1.807) is 7.11 Å². The molecule has 3 heterocycles. The number of ether oxygens (including phenoxy) is 1. The molecule has 0 radical (unpaired) electrons. The van der Waals surface area contributed by atoms with E-state index < -0.39 is 0 Å². The van der Waals surface area contributed by atoms with Gasteiger partial charge in [-0.1, -0.05) is 12.1 Å². The van der Waals surface area contributed by atoms with Crippen molar-refractivity contribution < 1.29 is 4.74 Å². The van der Waals surface area contributed by atoms with E-state index in [4.69, 9.17) is 9.72 Å². The number of aromatic nitrogens is 2. The third kappa shape index (κ3) is 2.86. The summed E-state index contributed by atoms with van der Waals surface area (Å²) >= 11 is 0. The molecule has 4 rings (SSSR count). The van der Waals surface area contributed by atoms with Gasteiger partial charge in [0.05, 0.1) is 7.11 Å². The lowest BCUT2D eigenvalue weighted by atomic mass is 10.1. The summed E-state index contributed by atoms with van der Waals surface area (Å²) in [7, 11) is 1.71. The van der Waals surface area contributed by atoms with E-state index in [0.29, 0.717) is 6.04 Å². The molecule has 1 atom stereocenters. The first-order valence-electron chi connectivity index (χ1n) is 8.61. The van der Waals surface area contributed by atoms with Crippen LogP contribution in [0.1, 0.15) is 6.92 Å². The van der Waals surface area contributed by atoms with Crippen molar-refractivity contribution in [2.75, 3.05) is 36.5 Å². The number of piperazine rings is 1. The number of rotatable bonds is 3. The number of methoxy groups -OCH3 is 1. The van der Waals surface area contributed by atoms with Gasteiger partial charge in [0.1, 0.15) is 11.6 Å². The van der Waals surface area contributed by atoms with Crippen molar-refractivity contribution in [3.05, 3.63) is 55.0 Å². The maximum Gasteiger partial charge on any atom is 0.136 e. The molecule has 0 bridgehead atoms. The second-order valence-corrected chi connectivity index (χ2v) is 6.38. The molecule has 1 unspecified atom stereocenters. The van der Waals surface area contributed by atoms with Crippen LogP contribution in [0.25, 0.3) is 10.8 Å².